The topological polar surface area (TPSA) is 36.5 Å². The second-order valence-corrected chi connectivity index (χ2v) is 7.77. The van der Waals surface area contributed by atoms with Crippen LogP contribution in [0.4, 0.5) is 5.69 Å². The predicted molar refractivity (Wildman–Crippen MR) is 117 cm³/mol. The van der Waals surface area contributed by atoms with Crippen LogP contribution < -0.4 is 10.6 Å². The molecule has 1 aliphatic heterocycles. The first-order chi connectivity index (χ1) is 13.0. The summed E-state index contributed by atoms with van der Waals surface area (Å²) in [4.78, 5) is 2.44. The third-order valence-electron chi connectivity index (χ3n) is 4.59. The van der Waals surface area contributed by atoms with Gasteiger partial charge in [-0.05, 0) is 42.9 Å². The van der Waals surface area contributed by atoms with Gasteiger partial charge in [0.2, 0.25) is 0 Å². The molecule has 0 aliphatic carbocycles. The summed E-state index contributed by atoms with van der Waals surface area (Å²) in [6, 6.07) is 16.1. The number of benzene rings is 2. The van der Waals surface area contributed by atoms with Gasteiger partial charge < -0.3 is 15.4 Å². The van der Waals surface area contributed by atoms with Gasteiger partial charge in [0.05, 0.1) is 30.0 Å². The van der Waals surface area contributed by atoms with E-state index in [1.54, 1.807) is 12.1 Å². The van der Waals surface area contributed by atoms with E-state index in [0.717, 1.165) is 32.0 Å². The molecular weight excluding hydrogens is 401 g/mol. The molecule has 0 bridgehead atoms. The average molecular weight is 424 g/mol. The van der Waals surface area contributed by atoms with Crippen molar-refractivity contribution in [2.45, 2.75) is 19.0 Å². The smallest absolute Gasteiger partial charge is 0.171 e. The Morgan fingerprint density at radius 1 is 1.11 bits per heavy atom. The highest BCUT2D eigenvalue weighted by atomic mass is 35.5. The molecule has 2 aromatic carbocycles. The number of anilines is 1. The van der Waals surface area contributed by atoms with E-state index in [2.05, 4.69) is 46.7 Å². The van der Waals surface area contributed by atoms with Gasteiger partial charge in [-0.25, -0.2) is 0 Å². The van der Waals surface area contributed by atoms with Crippen LogP contribution in [0.2, 0.25) is 10.0 Å². The zero-order valence-corrected chi connectivity index (χ0v) is 17.4. The molecular formula is C20H23Cl2N3OS. The van der Waals surface area contributed by atoms with E-state index >= 15 is 0 Å². The van der Waals surface area contributed by atoms with Gasteiger partial charge in [0, 0.05) is 24.2 Å². The van der Waals surface area contributed by atoms with Crippen LogP contribution in [0.5, 0.6) is 0 Å². The van der Waals surface area contributed by atoms with Gasteiger partial charge in [-0.15, -0.1) is 0 Å². The minimum Gasteiger partial charge on any atom is -0.379 e. The molecule has 0 aromatic heterocycles. The van der Waals surface area contributed by atoms with Gasteiger partial charge in [-0.1, -0.05) is 53.5 Å². The Kier molecular flexibility index (Phi) is 7.33. The molecule has 0 amide bonds. The third kappa shape index (κ3) is 5.56. The van der Waals surface area contributed by atoms with Crippen LogP contribution in [0.25, 0.3) is 0 Å². The standard InChI is InChI=1S/C20H23Cl2N3OS/c1-14(23-20(27)24-18-8-7-16(21)13-17(18)22)19(15-5-3-2-4-6-15)25-9-11-26-12-10-25/h2-8,13-14,19H,9-12H2,1H3,(H2,23,24,27)/t14-,19-/m1/s1. The van der Waals surface area contributed by atoms with E-state index in [1.165, 1.54) is 5.56 Å². The molecule has 144 valence electrons. The van der Waals surface area contributed by atoms with Gasteiger partial charge in [0.1, 0.15) is 0 Å². The maximum absolute atomic E-state index is 6.23. The van der Waals surface area contributed by atoms with Crippen LogP contribution in [-0.4, -0.2) is 42.4 Å². The zero-order valence-electron chi connectivity index (χ0n) is 15.1. The van der Waals surface area contributed by atoms with Gasteiger partial charge in [0.15, 0.2) is 5.11 Å². The number of nitrogens with zero attached hydrogens (tertiary/aromatic N) is 1. The fourth-order valence-corrected chi connectivity index (χ4v) is 4.11. The molecule has 3 rings (SSSR count). The number of hydrogen-bond donors (Lipinski definition) is 2. The molecule has 2 atom stereocenters. The summed E-state index contributed by atoms with van der Waals surface area (Å²) in [7, 11) is 0. The van der Waals surface area contributed by atoms with Crippen molar-refractivity contribution < 1.29 is 4.74 Å². The summed E-state index contributed by atoms with van der Waals surface area (Å²) in [5.41, 5.74) is 1.99. The fraction of sp³-hybridized carbons (Fsp3) is 0.350. The van der Waals surface area contributed by atoms with Crippen molar-refractivity contribution >= 4 is 46.2 Å². The van der Waals surface area contributed by atoms with Crippen LogP contribution >= 0.6 is 35.4 Å². The summed E-state index contributed by atoms with van der Waals surface area (Å²) in [6.07, 6.45) is 0. The van der Waals surface area contributed by atoms with Gasteiger partial charge >= 0.3 is 0 Å². The molecule has 0 unspecified atom stereocenters. The number of rotatable bonds is 5. The second-order valence-electron chi connectivity index (χ2n) is 6.52. The molecule has 1 saturated heterocycles. The number of halogens is 2. The van der Waals surface area contributed by atoms with Crippen molar-refractivity contribution in [3.8, 4) is 0 Å². The molecule has 0 saturated carbocycles. The highest BCUT2D eigenvalue weighted by Crippen LogP contribution is 2.27. The minimum absolute atomic E-state index is 0.0941. The number of hydrogen-bond acceptors (Lipinski definition) is 3. The molecule has 0 spiro atoms. The molecule has 1 aliphatic rings. The molecule has 7 heteroatoms. The first-order valence-electron chi connectivity index (χ1n) is 8.94. The highest BCUT2D eigenvalue weighted by Gasteiger charge is 2.28. The van der Waals surface area contributed by atoms with E-state index in [0.29, 0.717) is 15.2 Å². The molecule has 1 fully saturated rings. The van der Waals surface area contributed by atoms with Crippen LogP contribution in [0.1, 0.15) is 18.5 Å². The number of morpholine rings is 1. The van der Waals surface area contributed by atoms with E-state index < -0.39 is 0 Å². The van der Waals surface area contributed by atoms with Crippen LogP contribution in [-0.2, 0) is 4.74 Å². The maximum atomic E-state index is 6.23. The van der Waals surface area contributed by atoms with Gasteiger partial charge in [-0.2, -0.15) is 0 Å². The van der Waals surface area contributed by atoms with E-state index in [4.69, 9.17) is 40.2 Å². The summed E-state index contributed by atoms with van der Waals surface area (Å²) in [5, 5.41) is 8.23. The van der Waals surface area contributed by atoms with E-state index in [1.807, 2.05) is 12.1 Å². The summed E-state index contributed by atoms with van der Waals surface area (Å²) in [5.74, 6) is 0. The largest absolute Gasteiger partial charge is 0.379 e. The lowest BCUT2D eigenvalue weighted by molar-refractivity contribution is 0.0102. The summed E-state index contributed by atoms with van der Waals surface area (Å²) < 4.78 is 5.52. The SMILES string of the molecule is C[C@@H](NC(=S)Nc1ccc(Cl)cc1Cl)[C@H](c1ccccc1)N1CCOCC1. The Hall–Kier alpha value is -1.37. The Morgan fingerprint density at radius 3 is 2.48 bits per heavy atom. The fourth-order valence-electron chi connectivity index (χ4n) is 3.36. The molecule has 2 N–H and O–H groups in total. The first kappa shape index (κ1) is 20.4. The van der Waals surface area contributed by atoms with E-state index in [9.17, 15) is 0 Å². The number of nitrogens with one attached hydrogen (secondary N) is 2. The molecule has 0 radical (unpaired) electrons. The maximum Gasteiger partial charge on any atom is 0.171 e. The van der Waals surface area contributed by atoms with E-state index in [-0.39, 0.29) is 12.1 Å². The quantitative estimate of drug-likeness (QED) is 0.678. The normalized spacial score (nSPS) is 17.1. The summed E-state index contributed by atoms with van der Waals surface area (Å²) >= 11 is 17.7. The summed E-state index contributed by atoms with van der Waals surface area (Å²) in [6.45, 7) is 5.44. The average Bonchev–Trinajstić information content (AvgIpc) is 2.66. The van der Waals surface area contributed by atoms with Crippen molar-refractivity contribution in [1.29, 1.82) is 0 Å². The molecule has 27 heavy (non-hydrogen) atoms. The zero-order chi connectivity index (χ0) is 19.2. The molecule has 1 heterocycles. The first-order valence-corrected chi connectivity index (χ1v) is 10.1. The van der Waals surface area contributed by atoms with Crippen LogP contribution in [0, 0.1) is 0 Å². The number of ether oxygens (including phenoxy) is 1. The Labute approximate surface area is 175 Å². The van der Waals surface area contributed by atoms with Crippen LogP contribution in [0.3, 0.4) is 0 Å². The second kappa shape index (κ2) is 9.71. The van der Waals surface area contributed by atoms with Crippen molar-refractivity contribution in [3.05, 3.63) is 64.1 Å². The lowest BCUT2D eigenvalue weighted by atomic mass is 9.98. The Balaban J connectivity index is 1.71. The molecule has 2 aromatic rings. The van der Waals surface area contributed by atoms with Crippen molar-refractivity contribution in [2.75, 3.05) is 31.6 Å². The third-order valence-corrected chi connectivity index (χ3v) is 5.36. The van der Waals surface area contributed by atoms with Crippen molar-refractivity contribution in [1.82, 2.24) is 10.2 Å². The van der Waals surface area contributed by atoms with Crippen molar-refractivity contribution in [2.24, 2.45) is 0 Å². The number of thiocarbonyl (C=S) groups is 1. The predicted octanol–water partition coefficient (Wildman–Crippen LogP) is 4.74. The minimum atomic E-state index is 0.0941. The monoisotopic (exact) mass is 423 g/mol. The van der Waals surface area contributed by atoms with Crippen LogP contribution in [0.15, 0.2) is 48.5 Å². The molecule has 4 nitrogen and oxygen atoms in total. The lowest BCUT2D eigenvalue weighted by Gasteiger charge is -2.38. The lowest BCUT2D eigenvalue weighted by Crippen LogP contribution is -2.49. The Bertz CT molecular complexity index is 769. The van der Waals surface area contributed by atoms with Crippen molar-refractivity contribution in [3.63, 3.8) is 0 Å². The van der Waals surface area contributed by atoms with Gasteiger partial charge in [-0.3, -0.25) is 4.90 Å². The highest BCUT2D eigenvalue weighted by molar-refractivity contribution is 7.80. The Morgan fingerprint density at radius 2 is 1.81 bits per heavy atom. The van der Waals surface area contributed by atoms with Gasteiger partial charge in [0.25, 0.3) is 0 Å².